The first-order valence-corrected chi connectivity index (χ1v) is 7.09. The Labute approximate surface area is 120 Å². The number of hydrogen-bond donors (Lipinski definition) is 1. The minimum atomic E-state index is 0.258. The van der Waals surface area contributed by atoms with Gasteiger partial charge in [-0.25, -0.2) is 0 Å². The molecule has 19 heavy (non-hydrogen) atoms. The fourth-order valence-corrected chi connectivity index (χ4v) is 2.83. The molecular formula is C15H22ClNO2. The second-order valence-electron chi connectivity index (χ2n) is 5.09. The quantitative estimate of drug-likeness (QED) is 0.835. The molecule has 4 heteroatoms. The number of likely N-dealkylation sites (N-methyl/N-ethyl adjacent to an activating group) is 1. The summed E-state index contributed by atoms with van der Waals surface area (Å²) in [6.45, 7) is 0. The molecule has 1 saturated carbocycles. The van der Waals surface area contributed by atoms with Crippen molar-refractivity contribution in [1.82, 2.24) is 5.32 Å². The van der Waals surface area contributed by atoms with Crippen molar-refractivity contribution in [1.29, 1.82) is 0 Å². The zero-order valence-electron chi connectivity index (χ0n) is 11.8. The predicted molar refractivity (Wildman–Crippen MR) is 78.1 cm³/mol. The van der Waals surface area contributed by atoms with Gasteiger partial charge in [0.1, 0.15) is 5.75 Å². The van der Waals surface area contributed by atoms with Crippen LogP contribution in [-0.2, 0) is 11.2 Å². The van der Waals surface area contributed by atoms with E-state index >= 15 is 0 Å². The first-order chi connectivity index (χ1) is 9.19. The van der Waals surface area contributed by atoms with Crippen molar-refractivity contribution in [3.8, 4) is 5.75 Å². The van der Waals surface area contributed by atoms with Crippen molar-refractivity contribution in [2.24, 2.45) is 5.92 Å². The van der Waals surface area contributed by atoms with Crippen LogP contribution >= 0.6 is 11.6 Å². The van der Waals surface area contributed by atoms with Crippen LogP contribution in [0.2, 0.25) is 5.02 Å². The summed E-state index contributed by atoms with van der Waals surface area (Å²) in [5, 5.41) is 4.11. The molecule has 0 heterocycles. The van der Waals surface area contributed by atoms with Crippen molar-refractivity contribution in [3.63, 3.8) is 0 Å². The minimum absolute atomic E-state index is 0.258. The molecule has 0 radical (unpaired) electrons. The fourth-order valence-electron chi connectivity index (χ4n) is 2.64. The van der Waals surface area contributed by atoms with Crippen LogP contribution < -0.4 is 10.1 Å². The van der Waals surface area contributed by atoms with Crippen LogP contribution in [0.4, 0.5) is 0 Å². The van der Waals surface area contributed by atoms with E-state index in [1.165, 1.54) is 12.8 Å². The maximum absolute atomic E-state index is 6.08. The van der Waals surface area contributed by atoms with E-state index in [1.807, 2.05) is 25.2 Å². The Morgan fingerprint density at radius 2 is 2.11 bits per heavy atom. The summed E-state index contributed by atoms with van der Waals surface area (Å²) in [6.07, 6.45) is 3.65. The van der Waals surface area contributed by atoms with Gasteiger partial charge in [-0.3, -0.25) is 0 Å². The third-order valence-electron chi connectivity index (χ3n) is 3.81. The normalized spacial score (nSPS) is 18.1. The summed E-state index contributed by atoms with van der Waals surface area (Å²) in [7, 11) is 5.47. The fraction of sp³-hybridized carbons (Fsp3) is 0.600. The lowest BCUT2D eigenvalue weighted by Gasteiger charge is -2.26. The van der Waals surface area contributed by atoms with E-state index in [0.717, 1.165) is 22.8 Å². The van der Waals surface area contributed by atoms with Gasteiger partial charge in [-0.05, 0) is 56.0 Å². The molecule has 106 valence electrons. The monoisotopic (exact) mass is 283 g/mol. The molecule has 0 aliphatic heterocycles. The highest BCUT2D eigenvalue weighted by Crippen LogP contribution is 2.36. The summed E-state index contributed by atoms with van der Waals surface area (Å²) < 4.78 is 11.1. The molecule has 1 aromatic carbocycles. The molecule has 2 atom stereocenters. The zero-order chi connectivity index (χ0) is 13.8. The summed E-state index contributed by atoms with van der Waals surface area (Å²) in [5.41, 5.74) is 1.12. The Hall–Kier alpha value is -0.770. The molecule has 0 saturated heterocycles. The molecule has 0 bridgehead atoms. The van der Waals surface area contributed by atoms with Crippen molar-refractivity contribution in [3.05, 3.63) is 28.8 Å². The van der Waals surface area contributed by atoms with Gasteiger partial charge in [0.25, 0.3) is 0 Å². The van der Waals surface area contributed by atoms with Crippen molar-refractivity contribution < 1.29 is 9.47 Å². The SMILES string of the molecule is CNC(Cc1cc(Cl)ccc1OC)C(OC)C1CC1. The van der Waals surface area contributed by atoms with Gasteiger partial charge in [0.05, 0.1) is 13.2 Å². The van der Waals surface area contributed by atoms with Crippen molar-refractivity contribution >= 4 is 11.6 Å². The summed E-state index contributed by atoms with van der Waals surface area (Å²) in [6, 6.07) is 6.03. The number of rotatable bonds is 7. The smallest absolute Gasteiger partial charge is 0.122 e. The summed E-state index contributed by atoms with van der Waals surface area (Å²) >= 11 is 6.08. The third-order valence-corrected chi connectivity index (χ3v) is 4.04. The average Bonchev–Trinajstić information content (AvgIpc) is 3.23. The molecule has 0 aromatic heterocycles. The van der Waals surface area contributed by atoms with Gasteiger partial charge in [0.15, 0.2) is 0 Å². The molecule has 1 aliphatic carbocycles. The Balaban J connectivity index is 2.14. The number of hydrogen-bond acceptors (Lipinski definition) is 3. The lowest BCUT2D eigenvalue weighted by atomic mass is 9.97. The van der Waals surface area contributed by atoms with Crippen molar-refractivity contribution in [2.45, 2.75) is 31.4 Å². The van der Waals surface area contributed by atoms with Gasteiger partial charge in [0.2, 0.25) is 0 Å². The summed E-state index contributed by atoms with van der Waals surface area (Å²) in [4.78, 5) is 0. The summed E-state index contributed by atoms with van der Waals surface area (Å²) in [5.74, 6) is 1.57. The molecule has 1 N–H and O–H groups in total. The maximum atomic E-state index is 6.08. The van der Waals surface area contributed by atoms with Gasteiger partial charge in [-0.2, -0.15) is 0 Å². The standard InChI is InChI=1S/C15H22ClNO2/c1-17-13(15(19-3)10-4-5-10)9-11-8-12(16)6-7-14(11)18-2/h6-8,10,13,15,17H,4-5,9H2,1-3H3. The largest absolute Gasteiger partial charge is 0.496 e. The Morgan fingerprint density at radius 3 is 2.63 bits per heavy atom. The van der Waals surface area contributed by atoms with Crippen molar-refractivity contribution in [2.75, 3.05) is 21.3 Å². The average molecular weight is 284 g/mol. The molecule has 0 spiro atoms. The molecule has 1 aliphatic rings. The highest BCUT2D eigenvalue weighted by Gasteiger charge is 2.36. The molecule has 3 nitrogen and oxygen atoms in total. The van der Waals surface area contributed by atoms with Gasteiger partial charge >= 0.3 is 0 Å². The lowest BCUT2D eigenvalue weighted by Crippen LogP contribution is -2.42. The van der Waals surface area contributed by atoms with Crippen LogP contribution in [-0.4, -0.2) is 33.4 Å². The molecule has 2 unspecified atom stereocenters. The van der Waals surface area contributed by atoms with Crippen LogP contribution in [0.3, 0.4) is 0 Å². The Morgan fingerprint density at radius 1 is 1.37 bits per heavy atom. The van der Waals surface area contributed by atoms with E-state index in [2.05, 4.69) is 5.32 Å². The maximum Gasteiger partial charge on any atom is 0.122 e. The topological polar surface area (TPSA) is 30.5 Å². The molecular weight excluding hydrogens is 262 g/mol. The molecule has 0 amide bonds. The number of halogens is 1. The van der Waals surface area contributed by atoms with Crippen LogP contribution in [0.25, 0.3) is 0 Å². The van der Waals surface area contributed by atoms with Crippen LogP contribution in [0.5, 0.6) is 5.75 Å². The van der Waals surface area contributed by atoms with E-state index in [0.29, 0.717) is 5.92 Å². The Bertz CT molecular complexity index is 421. The highest BCUT2D eigenvalue weighted by atomic mass is 35.5. The van der Waals surface area contributed by atoms with Gasteiger partial charge in [-0.1, -0.05) is 11.6 Å². The zero-order valence-corrected chi connectivity index (χ0v) is 12.5. The second-order valence-corrected chi connectivity index (χ2v) is 5.53. The molecule has 1 aromatic rings. The van der Waals surface area contributed by atoms with E-state index < -0.39 is 0 Å². The van der Waals surface area contributed by atoms with E-state index in [-0.39, 0.29) is 12.1 Å². The molecule has 2 rings (SSSR count). The number of methoxy groups -OCH3 is 2. The first-order valence-electron chi connectivity index (χ1n) is 6.72. The first kappa shape index (κ1) is 14.6. The van der Waals surface area contributed by atoms with Crippen LogP contribution in [0.15, 0.2) is 18.2 Å². The van der Waals surface area contributed by atoms with Gasteiger partial charge < -0.3 is 14.8 Å². The highest BCUT2D eigenvalue weighted by molar-refractivity contribution is 6.30. The van der Waals surface area contributed by atoms with E-state index in [9.17, 15) is 0 Å². The number of nitrogens with one attached hydrogen (secondary N) is 1. The van der Waals surface area contributed by atoms with Crippen LogP contribution in [0.1, 0.15) is 18.4 Å². The van der Waals surface area contributed by atoms with E-state index in [1.54, 1.807) is 14.2 Å². The predicted octanol–water partition coefficient (Wildman–Crippen LogP) is 2.90. The number of ether oxygens (including phenoxy) is 2. The van der Waals surface area contributed by atoms with Gasteiger partial charge in [0, 0.05) is 18.2 Å². The Kier molecular flexibility index (Phi) is 5.08. The minimum Gasteiger partial charge on any atom is -0.496 e. The lowest BCUT2D eigenvalue weighted by molar-refractivity contribution is 0.0533. The van der Waals surface area contributed by atoms with E-state index in [4.69, 9.17) is 21.1 Å². The van der Waals surface area contributed by atoms with Crippen LogP contribution in [0, 0.1) is 5.92 Å². The second kappa shape index (κ2) is 6.60. The third kappa shape index (κ3) is 3.62. The molecule has 1 fully saturated rings. The van der Waals surface area contributed by atoms with Gasteiger partial charge in [-0.15, -0.1) is 0 Å². The number of benzene rings is 1.